The monoisotopic (exact) mass is 263 g/mol. The molecule has 0 saturated heterocycles. The zero-order chi connectivity index (χ0) is 13.1. The molecular formula is C13H10ClNO3. The molecule has 0 fully saturated rings. The standard InChI is InChI=1S/C13H10ClNO3/c1-18-13(17)11-5-8(2-3-12(11)14)9-4-10(16)7-15-6-9/h2-7,16H,1H3. The van der Waals surface area contributed by atoms with Crippen LogP contribution in [0.4, 0.5) is 0 Å². The number of benzene rings is 1. The minimum atomic E-state index is -0.505. The Bertz CT molecular complexity index is 599. The van der Waals surface area contributed by atoms with E-state index in [0.29, 0.717) is 10.6 Å². The lowest BCUT2D eigenvalue weighted by molar-refractivity contribution is 0.0601. The van der Waals surface area contributed by atoms with Gasteiger partial charge in [0.25, 0.3) is 0 Å². The summed E-state index contributed by atoms with van der Waals surface area (Å²) < 4.78 is 4.64. The van der Waals surface area contributed by atoms with Gasteiger partial charge in [0.05, 0.1) is 23.9 Å². The van der Waals surface area contributed by atoms with E-state index in [1.165, 1.54) is 13.3 Å². The van der Waals surface area contributed by atoms with E-state index in [0.717, 1.165) is 5.56 Å². The first-order chi connectivity index (χ1) is 8.61. The average Bonchev–Trinajstić information content (AvgIpc) is 2.38. The van der Waals surface area contributed by atoms with Crippen LogP contribution in [-0.2, 0) is 4.74 Å². The fourth-order valence-electron chi connectivity index (χ4n) is 1.56. The van der Waals surface area contributed by atoms with Gasteiger partial charge < -0.3 is 9.84 Å². The lowest BCUT2D eigenvalue weighted by atomic mass is 10.0. The molecule has 1 aromatic heterocycles. The fourth-order valence-corrected chi connectivity index (χ4v) is 1.75. The highest BCUT2D eigenvalue weighted by atomic mass is 35.5. The quantitative estimate of drug-likeness (QED) is 0.847. The van der Waals surface area contributed by atoms with E-state index < -0.39 is 5.97 Å². The van der Waals surface area contributed by atoms with Crippen LogP contribution < -0.4 is 0 Å². The number of nitrogens with zero attached hydrogens (tertiary/aromatic N) is 1. The number of carbonyl (C=O) groups excluding carboxylic acids is 1. The van der Waals surface area contributed by atoms with Gasteiger partial charge in [-0.3, -0.25) is 4.98 Å². The maximum atomic E-state index is 11.5. The van der Waals surface area contributed by atoms with Crippen LogP contribution in [0.1, 0.15) is 10.4 Å². The minimum Gasteiger partial charge on any atom is -0.506 e. The molecule has 2 rings (SSSR count). The molecule has 92 valence electrons. The van der Waals surface area contributed by atoms with Gasteiger partial charge in [-0.15, -0.1) is 0 Å². The van der Waals surface area contributed by atoms with Crippen molar-refractivity contribution >= 4 is 17.6 Å². The fraction of sp³-hybridized carbons (Fsp3) is 0.0769. The third-order valence-corrected chi connectivity index (χ3v) is 2.76. The van der Waals surface area contributed by atoms with Crippen molar-refractivity contribution in [3.05, 3.63) is 47.2 Å². The van der Waals surface area contributed by atoms with Gasteiger partial charge in [-0.05, 0) is 23.8 Å². The predicted molar refractivity (Wildman–Crippen MR) is 67.7 cm³/mol. The third-order valence-electron chi connectivity index (χ3n) is 2.43. The maximum absolute atomic E-state index is 11.5. The van der Waals surface area contributed by atoms with Gasteiger partial charge >= 0.3 is 5.97 Å². The molecule has 0 aliphatic rings. The highest BCUT2D eigenvalue weighted by Crippen LogP contribution is 2.26. The predicted octanol–water partition coefficient (Wildman–Crippen LogP) is 2.89. The van der Waals surface area contributed by atoms with E-state index in [1.54, 1.807) is 30.5 Å². The number of hydrogen-bond donors (Lipinski definition) is 1. The SMILES string of the molecule is COC(=O)c1cc(-c2cncc(O)c2)ccc1Cl. The van der Waals surface area contributed by atoms with Crippen molar-refractivity contribution in [2.45, 2.75) is 0 Å². The van der Waals surface area contributed by atoms with Crippen LogP contribution in [0.25, 0.3) is 11.1 Å². The van der Waals surface area contributed by atoms with Gasteiger partial charge in [0.15, 0.2) is 0 Å². The molecule has 0 radical (unpaired) electrons. The molecule has 1 N–H and O–H groups in total. The molecule has 0 atom stereocenters. The first-order valence-corrected chi connectivity index (χ1v) is 5.52. The number of rotatable bonds is 2. The summed E-state index contributed by atoms with van der Waals surface area (Å²) in [5.74, 6) is -0.447. The molecule has 0 aliphatic carbocycles. The summed E-state index contributed by atoms with van der Waals surface area (Å²) in [6, 6.07) is 6.50. The van der Waals surface area contributed by atoms with E-state index in [4.69, 9.17) is 11.6 Å². The molecule has 0 spiro atoms. The number of pyridine rings is 1. The van der Waals surface area contributed by atoms with Crippen LogP contribution in [-0.4, -0.2) is 23.2 Å². The van der Waals surface area contributed by atoms with E-state index in [1.807, 2.05) is 0 Å². The van der Waals surface area contributed by atoms with Crippen LogP contribution in [0.3, 0.4) is 0 Å². The van der Waals surface area contributed by atoms with Crippen LogP contribution >= 0.6 is 11.6 Å². The van der Waals surface area contributed by atoms with E-state index in [-0.39, 0.29) is 11.3 Å². The Kier molecular flexibility index (Phi) is 3.48. The second-order valence-corrected chi connectivity index (χ2v) is 4.03. The molecular weight excluding hydrogens is 254 g/mol. The molecule has 0 amide bonds. The van der Waals surface area contributed by atoms with Gasteiger partial charge in [-0.25, -0.2) is 4.79 Å². The van der Waals surface area contributed by atoms with Crippen molar-refractivity contribution in [3.63, 3.8) is 0 Å². The number of ether oxygens (including phenoxy) is 1. The lowest BCUT2D eigenvalue weighted by Crippen LogP contribution is -2.02. The van der Waals surface area contributed by atoms with Crippen molar-refractivity contribution < 1.29 is 14.6 Å². The summed E-state index contributed by atoms with van der Waals surface area (Å²) in [5.41, 5.74) is 1.69. The van der Waals surface area contributed by atoms with Crippen LogP contribution in [0.15, 0.2) is 36.7 Å². The molecule has 18 heavy (non-hydrogen) atoms. The van der Waals surface area contributed by atoms with Crippen LogP contribution in [0.5, 0.6) is 5.75 Å². The Morgan fingerprint density at radius 1 is 1.28 bits per heavy atom. The number of methoxy groups -OCH3 is 1. The van der Waals surface area contributed by atoms with Crippen molar-refractivity contribution in [1.29, 1.82) is 0 Å². The van der Waals surface area contributed by atoms with Crippen LogP contribution in [0, 0.1) is 0 Å². The Morgan fingerprint density at radius 2 is 2.06 bits per heavy atom. The molecule has 1 heterocycles. The molecule has 0 unspecified atom stereocenters. The van der Waals surface area contributed by atoms with Gasteiger partial charge in [0.1, 0.15) is 5.75 Å². The number of esters is 1. The van der Waals surface area contributed by atoms with E-state index >= 15 is 0 Å². The number of aromatic nitrogens is 1. The second kappa shape index (κ2) is 5.06. The van der Waals surface area contributed by atoms with Crippen molar-refractivity contribution in [1.82, 2.24) is 4.98 Å². The molecule has 0 aliphatic heterocycles. The highest BCUT2D eigenvalue weighted by molar-refractivity contribution is 6.33. The summed E-state index contributed by atoms with van der Waals surface area (Å²) in [4.78, 5) is 15.4. The minimum absolute atomic E-state index is 0.0575. The first kappa shape index (κ1) is 12.4. The van der Waals surface area contributed by atoms with Crippen molar-refractivity contribution in [3.8, 4) is 16.9 Å². The Hall–Kier alpha value is -2.07. The van der Waals surface area contributed by atoms with Gasteiger partial charge in [-0.1, -0.05) is 17.7 Å². The summed E-state index contributed by atoms with van der Waals surface area (Å²) in [7, 11) is 1.29. The van der Waals surface area contributed by atoms with Crippen molar-refractivity contribution in [2.75, 3.05) is 7.11 Å². The Labute approximate surface area is 109 Å². The average molecular weight is 264 g/mol. The maximum Gasteiger partial charge on any atom is 0.339 e. The summed E-state index contributed by atoms with van der Waals surface area (Å²) in [6.07, 6.45) is 2.92. The summed E-state index contributed by atoms with van der Waals surface area (Å²) in [5, 5.41) is 9.69. The normalized spacial score (nSPS) is 10.1. The van der Waals surface area contributed by atoms with Gasteiger partial charge in [0.2, 0.25) is 0 Å². The molecule has 0 saturated carbocycles. The largest absolute Gasteiger partial charge is 0.506 e. The molecule has 2 aromatic rings. The summed E-state index contributed by atoms with van der Waals surface area (Å²) in [6.45, 7) is 0. The van der Waals surface area contributed by atoms with E-state index in [9.17, 15) is 9.90 Å². The number of aromatic hydroxyl groups is 1. The lowest BCUT2D eigenvalue weighted by Gasteiger charge is -2.06. The highest BCUT2D eigenvalue weighted by Gasteiger charge is 2.12. The Morgan fingerprint density at radius 3 is 2.72 bits per heavy atom. The van der Waals surface area contributed by atoms with Crippen molar-refractivity contribution in [2.24, 2.45) is 0 Å². The molecule has 0 bridgehead atoms. The second-order valence-electron chi connectivity index (χ2n) is 3.62. The number of hydrogen-bond acceptors (Lipinski definition) is 4. The third kappa shape index (κ3) is 2.43. The van der Waals surface area contributed by atoms with Crippen LogP contribution in [0.2, 0.25) is 5.02 Å². The van der Waals surface area contributed by atoms with Gasteiger partial charge in [-0.2, -0.15) is 0 Å². The van der Waals surface area contributed by atoms with Gasteiger partial charge in [0, 0.05) is 11.8 Å². The zero-order valence-electron chi connectivity index (χ0n) is 9.55. The molecule has 5 heteroatoms. The van der Waals surface area contributed by atoms with E-state index in [2.05, 4.69) is 9.72 Å². The smallest absolute Gasteiger partial charge is 0.339 e. The Balaban J connectivity index is 2.50. The first-order valence-electron chi connectivity index (χ1n) is 5.14. The topological polar surface area (TPSA) is 59.4 Å². The molecule has 1 aromatic carbocycles. The number of carbonyl (C=O) groups is 1. The summed E-state index contributed by atoms with van der Waals surface area (Å²) >= 11 is 5.92. The zero-order valence-corrected chi connectivity index (χ0v) is 10.3. The number of halogens is 1. The molecule has 4 nitrogen and oxygen atoms in total.